The van der Waals surface area contributed by atoms with E-state index in [9.17, 15) is 9.90 Å². The number of aliphatic hydroxyl groups excluding tert-OH is 1. The van der Waals surface area contributed by atoms with Crippen LogP contribution in [0.25, 0.3) is 0 Å². The number of piperidine rings is 1. The molecule has 0 saturated carbocycles. The maximum absolute atomic E-state index is 12.4. The van der Waals surface area contributed by atoms with Crippen LogP contribution in [-0.4, -0.2) is 45.0 Å². The van der Waals surface area contributed by atoms with Crippen LogP contribution in [0.4, 0.5) is 10.5 Å². The summed E-state index contributed by atoms with van der Waals surface area (Å²) in [4.78, 5) is 14.1. The third kappa shape index (κ3) is 3.97. The molecule has 2 unspecified atom stereocenters. The first-order valence-corrected chi connectivity index (χ1v) is 7.72. The SMILES string of the molecule is CC(C)Cn1cc(NC(=O)N2CCCC(C)C2CO)cn1. The molecule has 2 heterocycles. The van der Waals surface area contributed by atoms with Crippen LogP contribution in [-0.2, 0) is 6.54 Å². The fraction of sp³-hybridized carbons (Fsp3) is 0.733. The summed E-state index contributed by atoms with van der Waals surface area (Å²) < 4.78 is 1.84. The number of rotatable bonds is 4. The average molecular weight is 294 g/mol. The van der Waals surface area contributed by atoms with Gasteiger partial charge in [-0.2, -0.15) is 5.10 Å². The summed E-state index contributed by atoms with van der Waals surface area (Å²) in [7, 11) is 0. The third-order valence-corrected chi connectivity index (χ3v) is 4.00. The van der Waals surface area contributed by atoms with E-state index in [0.717, 1.165) is 19.4 Å². The first-order chi connectivity index (χ1) is 10.0. The fourth-order valence-corrected chi connectivity index (χ4v) is 2.88. The second-order valence-electron chi connectivity index (χ2n) is 6.34. The van der Waals surface area contributed by atoms with E-state index >= 15 is 0 Å². The molecule has 2 rings (SSSR count). The lowest BCUT2D eigenvalue weighted by atomic mass is 9.91. The summed E-state index contributed by atoms with van der Waals surface area (Å²) in [6.45, 7) is 7.88. The van der Waals surface area contributed by atoms with Crippen LogP contribution in [0.3, 0.4) is 0 Å². The second-order valence-corrected chi connectivity index (χ2v) is 6.34. The molecule has 1 aliphatic rings. The van der Waals surface area contributed by atoms with E-state index in [1.54, 1.807) is 11.1 Å². The number of nitrogens with zero attached hydrogens (tertiary/aromatic N) is 3. The van der Waals surface area contributed by atoms with Crippen molar-refractivity contribution in [3.8, 4) is 0 Å². The van der Waals surface area contributed by atoms with Gasteiger partial charge in [-0.05, 0) is 24.7 Å². The van der Waals surface area contributed by atoms with Crippen LogP contribution in [0.15, 0.2) is 12.4 Å². The van der Waals surface area contributed by atoms with E-state index in [-0.39, 0.29) is 18.7 Å². The largest absolute Gasteiger partial charge is 0.394 e. The average Bonchev–Trinajstić information content (AvgIpc) is 2.84. The highest BCUT2D eigenvalue weighted by Crippen LogP contribution is 2.23. The van der Waals surface area contributed by atoms with Gasteiger partial charge in [-0.3, -0.25) is 4.68 Å². The molecule has 1 fully saturated rings. The van der Waals surface area contributed by atoms with Gasteiger partial charge in [0.05, 0.1) is 24.5 Å². The minimum atomic E-state index is -0.148. The summed E-state index contributed by atoms with van der Waals surface area (Å²) in [5, 5.41) is 16.6. The molecular weight excluding hydrogens is 268 g/mol. The number of hydrogen-bond acceptors (Lipinski definition) is 3. The van der Waals surface area contributed by atoms with Crippen LogP contribution < -0.4 is 5.32 Å². The summed E-state index contributed by atoms with van der Waals surface area (Å²) in [6.07, 6.45) is 5.56. The zero-order valence-electron chi connectivity index (χ0n) is 13.1. The van der Waals surface area contributed by atoms with Gasteiger partial charge in [0.15, 0.2) is 0 Å². The monoisotopic (exact) mass is 294 g/mol. The van der Waals surface area contributed by atoms with Crippen LogP contribution >= 0.6 is 0 Å². The summed E-state index contributed by atoms with van der Waals surface area (Å²) in [5.41, 5.74) is 0.704. The fourth-order valence-electron chi connectivity index (χ4n) is 2.88. The van der Waals surface area contributed by atoms with Gasteiger partial charge in [0, 0.05) is 19.3 Å². The summed E-state index contributed by atoms with van der Waals surface area (Å²) in [6, 6.07) is -0.242. The van der Waals surface area contributed by atoms with E-state index < -0.39 is 0 Å². The van der Waals surface area contributed by atoms with Crippen molar-refractivity contribution in [2.45, 2.75) is 46.2 Å². The molecule has 21 heavy (non-hydrogen) atoms. The first-order valence-electron chi connectivity index (χ1n) is 7.72. The van der Waals surface area contributed by atoms with E-state index in [4.69, 9.17) is 0 Å². The summed E-state index contributed by atoms with van der Waals surface area (Å²) in [5.74, 6) is 0.841. The number of amides is 2. The van der Waals surface area contributed by atoms with Gasteiger partial charge in [0.1, 0.15) is 0 Å². The smallest absolute Gasteiger partial charge is 0.322 e. The predicted molar refractivity (Wildman–Crippen MR) is 82.1 cm³/mol. The Morgan fingerprint density at radius 1 is 1.57 bits per heavy atom. The van der Waals surface area contributed by atoms with Crippen LogP contribution in [0.1, 0.15) is 33.6 Å². The van der Waals surface area contributed by atoms with Crippen molar-refractivity contribution in [2.24, 2.45) is 11.8 Å². The third-order valence-electron chi connectivity index (χ3n) is 4.00. The van der Waals surface area contributed by atoms with Gasteiger partial charge >= 0.3 is 6.03 Å². The van der Waals surface area contributed by atoms with Crippen LogP contribution in [0.5, 0.6) is 0 Å². The van der Waals surface area contributed by atoms with Crippen LogP contribution in [0.2, 0.25) is 0 Å². The Balaban J connectivity index is 1.98. The quantitative estimate of drug-likeness (QED) is 0.894. The zero-order valence-corrected chi connectivity index (χ0v) is 13.1. The minimum Gasteiger partial charge on any atom is -0.394 e. The van der Waals surface area contributed by atoms with Crippen molar-refractivity contribution < 1.29 is 9.90 Å². The molecule has 1 aromatic rings. The molecule has 0 aliphatic carbocycles. The molecule has 2 amide bonds. The molecule has 1 aliphatic heterocycles. The normalized spacial score (nSPS) is 22.6. The predicted octanol–water partition coefficient (Wildman–Crippen LogP) is 2.16. The molecule has 118 valence electrons. The highest BCUT2D eigenvalue weighted by atomic mass is 16.3. The highest BCUT2D eigenvalue weighted by molar-refractivity contribution is 5.89. The number of aromatic nitrogens is 2. The molecular formula is C15H26N4O2. The Morgan fingerprint density at radius 2 is 2.33 bits per heavy atom. The van der Waals surface area contributed by atoms with Crippen molar-refractivity contribution in [1.29, 1.82) is 0 Å². The van der Waals surface area contributed by atoms with Gasteiger partial charge in [-0.25, -0.2) is 4.79 Å². The molecule has 2 atom stereocenters. The molecule has 6 heteroatoms. The van der Waals surface area contributed by atoms with E-state index in [1.165, 1.54) is 0 Å². The molecule has 6 nitrogen and oxygen atoms in total. The lowest BCUT2D eigenvalue weighted by molar-refractivity contribution is 0.0811. The van der Waals surface area contributed by atoms with Crippen molar-refractivity contribution in [2.75, 3.05) is 18.5 Å². The van der Waals surface area contributed by atoms with Gasteiger partial charge in [0.2, 0.25) is 0 Å². The zero-order chi connectivity index (χ0) is 15.4. The molecule has 1 saturated heterocycles. The topological polar surface area (TPSA) is 70.4 Å². The van der Waals surface area contributed by atoms with E-state index in [2.05, 4.69) is 31.2 Å². The Morgan fingerprint density at radius 3 is 3.00 bits per heavy atom. The standard InChI is InChI=1S/C15H26N4O2/c1-11(2)8-18-9-13(7-16-18)17-15(21)19-6-4-5-12(3)14(19)10-20/h7,9,11-12,14,20H,4-6,8,10H2,1-3H3,(H,17,21). The van der Waals surface area contributed by atoms with Gasteiger partial charge < -0.3 is 15.3 Å². The minimum absolute atomic E-state index is 0.0151. The molecule has 2 N–H and O–H groups in total. The number of nitrogens with one attached hydrogen (secondary N) is 1. The number of aliphatic hydroxyl groups is 1. The number of carbonyl (C=O) groups excluding carboxylic acids is 1. The van der Waals surface area contributed by atoms with Crippen molar-refractivity contribution >= 4 is 11.7 Å². The van der Waals surface area contributed by atoms with Gasteiger partial charge in [-0.1, -0.05) is 20.8 Å². The first kappa shape index (κ1) is 15.8. The molecule has 0 bridgehead atoms. The lowest BCUT2D eigenvalue weighted by Crippen LogP contribution is -2.51. The van der Waals surface area contributed by atoms with Crippen LogP contribution in [0, 0.1) is 11.8 Å². The molecule has 0 aromatic carbocycles. The maximum atomic E-state index is 12.4. The Hall–Kier alpha value is -1.56. The van der Waals surface area contributed by atoms with Gasteiger partial charge in [0.25, 0.3) is 0 Å². The molecule has 0 radical (unpaired) electrons. The maximum Gasteiger partial charge on any atom is 0.322 e. The number of urea groups is 1. The van der Waals surface area contributed by atoms with Crippen molar-refractivity contribution in [3.05, 3.63) is 12.4 Å². The van der Waals surface area contributed by atoms with E-state index in [0.29, 0.717) is 24.1 Å². The Labute approximate surface area is 126 Å². The van der Waals surface area contributed by atoms with E-state index in [1.807, 2.05) is 10.9 Å². The summed E-state index contributed by atoms with van der Waals surface area (Å²) >= 11 is 0. The Kier molecular flexibility index (Phi) is 5.22. The van der Waals surface area contributed by atoms with Gasteiger partial charge in [-0.15, -0.1) is 0 Å². The number of hydrogen-bond donors (Lipinski definition) is 2. The molecule has 0 spiro atoms. The Bertz CT molecular complexity index is 472. The highest BCUT2D eigenvalue weighted by Gasteiger charge is 2.31. The number of carbonyl (C=O) groups is 1. The van der Waals surface area contributed by atoms with Crippen molar-refractivity contribution in [1.82, 2.24) is 14.7 Å². The lowest BCUT2D eigenvalue weighted by Gasteiger charge is -2.38. The number of likely N-dealkylation sites (tertiary alicyclic amines) is 1. The van der Waals surface area contributed by atoms with Crippen molar-refractivity contribution in [3.63, 3.8) is 0 Å². The molecule has 1 aromatic heterocycles. The second kappa shape index (κ2) is 6.93. The number of anilines is 1.